The molecule has 0 aromatic carbocycles. The van der Waals surface area contributed by atoms with Crippen molar-refractivity contribution in [2.75, 3.05) is 18.5 Å². The molecule has 4 rings (SSSR count). The van der Waals surface area contributed by atoms with E-state index in [9.17, 15) is 0 Å². The molecule has 1 N–H and O–H groups in total. The van der Waals surface area contributed by atoms with Crippen LogP contribution < -0.4 is 10.1 Å². The Morgan fingerprint density at radius 1 is 1.36 bits per heavy atom. The number of aryl methyl sites for hydroxylation is 1. The molecule has 0 saturated carbocycles. The zero-order chi connectivity index (χ0) is 17.1. The predicted molar refractivity (Wildman–Crippen MR) is 91.6 cm³/mol. The van der Waals surface area contributed by atoms with Gasteiger partial charge in [0, 0.05) is 37.0 Å². The van der Waals surface area contributed by atoms with E-state index >= 15 is 0 Å². The highest BCUT2D eigenvalue weighted by Crippen LogP contribution is 2.17. The maximum absolute atomic E-state index is 5.86. The van der Waals surface area contributed by atoms with Crippen molar-refractivity contribution in [1.29, 1.82) is 0 Å². The molecule has 3 aromatic rings. The standard InChI is InChI=1S/C17H20N6O2/c1-2-13-8-15(23-17(22-13)20-11-21-23)19-9-12-3-5-18-16(7-12)25-14-4-6-24-10-14/h3,5,7-8,11,14,19H,2,4,6,9-10H2,1H3. The first-order chi connectivity index (χ1) is 12.3. The maximum atomic E-state index is 5.86. The van der Waals surface area contributed by atoms with E-state index in [1.807, 2.05) is 18.2 Å². The third-order valence-electron chi connectivity index (χ3n) is 4.12. The topological polar surface area (TPSA) is 86.5 Å². The summed E-state index contributed by atoms with van der Waals surface area (Å²) in [6, 6.07) is 5.91. The highest BCUT2D eigenvalue weighted by molar-refractivity contribution is 5.45. The average Bonchev–Trinajstić information content (AvgIpc) is 3.31. The number of rotatable bonds is 6. The molecule has 0 spiro atoms. The van der Waals surface area contributed by atoms with E-state index in [2.05, 4.69) is 32.3 Å². The molecule has 1 fully saturated rings. The molecule has 8 nitrogen and oxygen atoms in total. The second kappa shape index (κ2) is 7.02. The Bertz CT molecular complexity index is 859. The number of aromatic nitrogens is 5. The van der Waals surface area contributed by atoms with E-state index in [0.29, 0.717) is 24.8 Å². The van der Waals surface area contributed by atoms with Crippen LogP contribution in [-0.2, 0) is 17.7 Å². The third kappa shape index (κ3) is 3.53. The third-order valence-corrected chi connectivity index (χ3v) is 4.12. The molecule has 1 aliphatic rings. The lowest BCUT2D eigenvalue weighted by Gasteiger charge is -2.12. The van der Waals surface area contributed by atoms with E-state index < -0.39 is 0 Å². The van der Waals surface area contributed by atoms with Crippen LogP contribution in [0.4, 0.5) is 5.82 Å². The van der Waals surface area contributed by atoms with Gasteiger partial charge in [-0.3, -0.25) is 0 Å². The monoisotopic (exact) mass is 340 g/mol. The van der Waals surface area contributed by atoms with Gasteiger partial charge in [-0.2, -0.15) is 14.6 Å². The quantitative estimate of drug-likeness (QED) is 0.733. The second-order valence-corrected chi connectivity index (χ2v) is 5.92. The van der Waals surface area contributed by atoms with Crippen LogP contribution >= 0.6 is 0 Å². The molecule has 1 atom stereocenters. The molecular weight excluding hydrogens is 320 g/mol. The normalized spacial score (nSPS) is 17.1. The van der Waals surface area contributed by atoms with Gasteiger partial charge in [0.15, 0.2) is 0 Å². The van der Waals surface area contributed by atoms with Crippen molar-refractivity contribution in [2.45, 2.75) is 32.4 Å². The molecule has 3 aromatic heterocycles. The van der Waals surface area contributed by atoms with Crippen molar-refractivity contribution in [3.8, 4) is 5.88 Å². The Hall–Kier alpha value is -2.74. The summed E-state index contributed by atoms with van der Waals surface area (Å²) in [6.07, 6.45) is 5.12. The Morgan fingerprint density at radius 3 is 3.16 bits per heavy atom. The van der Waals surface area contributed by atoms with E-state index in [1.165, 1.54) is 6.33 Å². The molecule has 0 bridgehead atoms. The lowest BCUT2D eigenvalue weighted by atomic mass is 10.2. The van der Waals surface area contributed by atoms with Gasteiger partial charge >= 0.3 is 0 Å². The van der Waals surface area contributed by atoms with Crippen LogP contribution in [0, 0.1) is 0 Å². The molecule has 130 valence electrons. The molecule has 8 heteroatoms. The number of ether oxygens (including phenoxy) is 2. The molecule has 0 radical (unpaired) electrons. The summed E-state index contributed by atoms with van der Waals surface area (Å²) in [5.41, 5.74) is 2.05. The number of anilines is 1. The van der Waals surface area contributed by atoms with Gasteiger partial charge in [0.25, 0.3) is 5.78 Å². The lowest BCUT2D eigenvalue weighted by Crippen LogP contribution is -2.16. The minimum absolute atomic E-state index is 0.0952. The first-order valence-corrected chi connectivity index (χ1v) is 8.44. The van der Waals surface area contributed by atoms with Crippen LogP contribution in [0.3, 0.4) is 0 Å². The summed E-state index contributed by atoms with van der Waals surface area (Å²) in [7, 11) is 0. The highest BCUT2D eigenvalue weighted by atomic mass is 16.5. The van der Waals surface area contributed by atoms with Gasteiger partial charge < -0.3 is 14.8 Å². The molecule has 4 heterocycles. The van der Waals surface area contributed by atoms with Crippen molar-refractivity contribution in [2.24, 2.45) is 0 Å². The van der Waals surface area contributed by atoms with Gasteiger partial charge in [-0.05, 0) is 18.1 Å². The van der Waals surface area contributed by atoms with Gasteiger partial charge in [0.05, 0.1) is 13.2 Å². The van der Waals surface area contributed by atoms with Crippen molar-refractivity contribution >= 4 is 11.6 Å². The summed E-state index contributed by atoms with van der Waals surface area (Å²) >= 11 is 0. The fourth-order valence-electron chi connectivity index (χ4n) is 2.76. The summed E-state index contributed by atoms with van der Waals surface area (Å²) in [5, 5.41) is 7.62. The molecule has 1 unspecified atom stereocenters. The van der Waals surface area contributed by atoms with Crippen LogP contribution in [0.5, 0.6) is 5.88 Å². The minimum atomic E-state index is 0.0952. The van der Waals surface area contributed by atoms with Gasteiger partial charge in [-0.1, -0.05) is 6.92 Å². The summed E-state index contributed by atoms with van der Waals surface area (Å²) in [6.45, 7) is 4.08. The number of hydrogen-bond acceptors (Lipinski definition) is 7. The largest absolute Gasteiger partial charge is 0.472 e. The van der Waals surface area contributed by atoms with Crippen molar-refractivity contribution < 1.29 is 9.47 Å². The van der Waals surface area contributed by atoms with Crippen molar-refractivity contribution in [3.63, 3.8) is 0 Å². The Labute approximate surface area is 145 Å². The molecule has 1 saturated heterocycles. The summed E-state index contributed by atoms with van der Waals surface area (Å²) in [5.74, 6) is 2.09. The van der Waals surface area contributed by atoms with Crippen LogP contribution in [-0.4, -0.2) is 43.9 Å². The SMILES string of the molecule is CCc1cc(NCc2ccnc(OC3CCOC3)c2)n2ncnc2n1. The van der Waals surface area contributed by atoms with E-state index in [0.717, 1.165) is 36.5 Å². The molecule has 1 aliphatic heterocycles. The Balaban J connectivity index is 1.48. The second-order valence-electron chi connectivity index (χ2n) is 5.92. The van der Waals surface area contributed by atoms with E-state index in [1.54, 1.807) is 10.7 Å². The fraction of sp³-hybridized carbons (Fsp3) is 0.412. The molecular formula is C17H20N6O2. The maximum Gasteiger partial charge on any atom is 0.254 e. The van der Waals surface area contributed by atoms with E-state index in [4.69, 9.17) is 9.47 Å². The number of nitrogens with zero attached hydrogens (tertiary/aromatic N) is 5. The van der Waals surface area contributed by atoms with Gasteiger partial charge in [0.1, 0.15) is 18.2 Å². The fourth-order valence-corrected chi connectivity index (χ4v) is 2.76. The lowest BCUT2D eigenvalue weighted by molar-refractivity contribution is 0.138. The zero-order valence-electron chi connectivity index (χ0n) is 14.1. The first kappa shape index (κ1) is 15.8. The van der Waals surface area contributed by atoms with Gasteiger partial charge in [0.2, 0.25) is 5.88 Å². The molecule has 25 heavy (non-hydrogen) atoms. The number of fused-ring (bicyclic) bond motifs is 1. The highest BCUT2D eigenvalue weighted by Gasteiger charge is 2.17. The molecule has 0 aliphatic carbocycles. The number of pyridine rings is 1. The van der Waals surface area contributed by atoms with Gasteiger partial charge in [-0.25, -0.2) is 9.97 Å². The van der Waals surface area contributed by atoms with Crippen LogP contribution in [0.25, 0.3) is 5.78 Å². The van der Waals surface area contributed by atoms with Crippen LogP contribution in [0.1, 0.15) is 24.6 Å². The number of nitrogens with one attached hydrogen (secondary N) is 1. The van der Waals surface area contributed by atoms with Crippen molar-refractivity contribution in [1.82, 2.24) is 24.6 Å². The molecule has 0 amide bonds. The summed E-state index contributed by atoms with van der Waals surface area (Å²) in [4.78, 5) is 12.9. The average molecular weight is 340 g/mol. The van der Waals surface area contributed by atoms with Crippen LogP contribution in [0.15, 0.2) is 30.7 Å². The number of hydrogen-bond donors (Lipinski definition) is 1. The Morgan fingerprint density at radius 2 is 2.32 bits per heavy atom. The van der Waals surface area contributed by atoms with E-state index in [-0.39, 0.29) is 6.10 Å². The Kier molecular flexibility index (Phi) is 4.43. The smallest absolute Gasteiger partial charge is 0.254 e. The van der Waals surface area contributed by atoms with Crippen molar-refractivity contribution in [3.05, 3.63) is 42.0 Å². The van der Waals surface area contributed by atoms with Crippen LogP contribution in [0.2, 0.25) is 0 Å². The summed E-state index contributed by atoms with van der Waals surface area (Å²) < 4.78 is 12.9. The predicted octanol–water partition coefficient (Wildman–Crippen LogP) is 1.86. The minimum Gasteiger partial charge on any atom is -0.472 e. The zero-order valence-corrected chi connectivity index (χ0v) is 14.1. The first-order valence-electron chi connectivity index (χ1n) is 8.44. The van der Waals surface area contributed by atoms with Gasteiger partial charge in [-0.15, -0.1) is 0 Å².